The van der Waals surface area contributed by atoms with Crippen molar-refractivity contribution < 1.29 is 19.4 Å². The van der Waals surface area contributed by atoms with Gasteiger partial charge in [0.2, 0.25) is 5.91 Å². The molecule has 0 aliphatic carbocycles. The molecule has 0 aromatic rings. The number of amides is 1. The highest BCUT2D eigenvalue weighted by atomic mass is 79.9. The first-order chi connectivity index (χ1) is 7.67. The van der Waals surface area contributed by atoms with Gasteiger partial charge in [-0.05, 0) is 0 Å². The second kappa shape index (κ2) is 6.54. The molecule has 0 aromatic carbocycles. The third-order valence-electron chi connectivity index (χ3n) is 2.68. The Kier molecular flexibility index (Phi) is 5.68. The number of aliphatic hydroxyl groups is 1. The molecular formula is C10H18BrNO4. The van der Waals surface area contributed by atoms with Gasteiger partial charge in [-0.1, -0.05) is 15.9 Å². The number of halogens is 1. The summed E-state index contributed by atoms with van der Waals surface area (Å²) in [5.74, 6) is -0.0267. The lowest BCUT2D eigenvalue weighted by Crippen LogP contribution is -2.61. The zero-order chi connectivity index (χ0) is 12.0. The predicted molar refractivity (Wildman–Crippen MR) is 62.6 cm³/mol. The van der Waals surface area contributed by atoms with Crippen molar-refractivity contribution in [2.75, 3.05) is 52.0 Å². The predicted octanol–water partition coefficient (Wildman–Crippen LogP) is -0.135. The van der Waals surface area contributed by atoms with E-state index in [1.807, 2.05) is 0 Å². The standard InChI is InChI=1S/C10H18BrNO4/c1-15-2-3-16-4-9(14)12-6-10(5-11,7-12)8-13/h13H,2-8H2,1H3. The molecule has 6 heteroatoms. The van der Waals surface area contributed by atoms with Gasteiger partial charge in [-0.2, -0.15) is 0 Å². The Morgan fingerprint density at radius 2 is 2.19 bits per heavy atom. The van der Waals surface area contributed by atoms with E-state index in [1.165, 1.54) is 0 Å². The summed E-state index contributed by atoms with van der Waals surface area (Å²) in [6.45, 7) is 2.32. The number of carbonyl (C=O) groups is 1. The third kappa shape index (κ3) is 3.41. The molecule has 94 valence electrons. The number of alkyl halides is 1. The summed E-state index contributed by atoms with van der Waals surface area (Å²) in [6.07, 6.45) is 0. The fraction of sp³-hybridized carbons (Fsp3) is 0.900. The highest BCUT2D eigenvalue weighted by Crippen LogP contribution is 2.31. The second-order valence-electron chi connectivity index (χ2n) is 4.09. The normalized spacial score (nSPS) is 18.3. The zero-order valence-corrected chi connectivity index (χ0v) is 11.0. The van der Waals surface area contributed by atoms with Gasteiger partial charge in [-0.3, -0.25) is 4.79 Å². The first kappa shape index (κ1) is 13.9. The molecule has 1 amide bonds. The Hall–Kier alpha value is -0.170. The summed E-state index contributed by atoms with van der Waals surface area (Å²) in [5, 5.41) is 9.88. The molecule has 0 aromatic heterocycles. The molecule has 5 nitrogen and oxygen atoms in total. The van der Waals surface area contributed by atoms with Crippen LogP contribution in [0.5, 0.6) is 0 Å². The van der Waals surface area contributed by atoms with Crippen LogP contribution in [0.2, 0.25) is 0 Å². The summed E-state index contributed by atoms with van der Waals surface area (Å²) in [6, 6.07) is 0. The Balaban J connectivity index is 2.16. The molecule has 1 N–H and O–H groups in total. The van der Waals surface area contributed by atoms with E-state index in [2.05, 4.69) is 15.9 Å². The molecule has 0 radical (unpaired) electrons. The van der Waals surface area contributed by atoms with E-state index in [0.717, 1.165) is 0 Å². The number of ether oxygens (including phenoxy) is 2. The zero-order valence-electron chi connectivity index (χ0n) is 9.45. The lowest BCUT2D eigenvalue weighted by atomic mass is 9.83. The molecule has 1 aliphatic heterocycles. The van der Waals surface area contributed by atoms with Gasteiger partial charge in [-0.25, -0.2) is 0 Å². The minimum Gasteiger partial charge on any atom is -0.396 e. The number of nitrogens with zero attached hydrogens (tertiary/aromatic N) is 1. The van der Waals surface area contributed by atoms with Crippen LogP contribution in [0.15, 0.2) is 0 Å². The third-order valence-corrected chi connectivity index (χ3v) is 3.87. The van der Waals surface area contributed by atoms with Crippen molar-refractivity contribution in [1.29, 1.82) is 0 Å². The molecule has 0 spiro atoms. The van der Waals surface area contributed by atoms with Crippen LogP contribution in [0, 0.1) is 5.41 Å². The van der Waals surface area contributed by atoms with Crippen LogP contribution in [0.25, 0.3) is 0 Å². The van der Waals surface area contributed by atoms with Gasteiger partial charge in [0.05, 0.1) is 19.8 Å². The molecule has 1 saturated heterocycles. The van der Waals surface area contributed by atoms with Gasteiger partial charge in [0.1, 0.15) is 6.61 Å². The molecule has 0 atom stereocenters. The number of methoxy groups -OCH3 is 1. The second-order valence-corrected chi connectivity index (χ2v) is 4.65. The topological polar surface area (TPSA) is 59.0 Å². The number of rotatable bonds is 7. The van der Waals surface area contributed by atoms with Gasteiger partial charge in [0.25, 0.3) is 0 Å². The van der Waals surface area contributed by atoms with Crippen molar-refractivity contribution in [1.82, 2.24) is 4.90 Å². The van der Waals surface area contributed by atoms with E-state index in [0.29, 0.717) is 31.6 Å². The van der Waals surface area contributed by atoms with Gasteiger partial charge < -0.3 is 19.5 Å². The maximum atomic E-state index is 11.6. The first-order valence-corrected chi connectivity index (χ1v) is 6.31. The van der Waals surface area contributed by atoms with E-state index >= 15 is 0 Å². The van der Waals surface area contributed by atoms with Crippen LogP contribution in [-0.2, 0) is 14.3 Å². The van der Waals surface area contributed by atoms with Gasteiger partial charge in [0.15, 0.2) is 0 Å². The van der Waals surface area contributed by atoms with Crippen LogP contribution in [0.4, 0.5) is 0 Å². The summed E-state index contributed by atoms with van der Waals surface area (Å²) in [4.78, 5) is 13.3. The van der Waals surface area contributed by atoms with Crippen molar-refractivity contribution in [2.45, 2.75) is 0 Å². The summed E-state index contributed by atoms with van der Waals surface area (Å²) >= 11 is 3.35. The van der Waals surface area contributed by atoms with Crippen molar-refractivity contribution in [2.24, 2.45) is 5.41 Å². The van der Waals surface area contributed by atoms with E-state index in [9.17, 15) is 4.79 Å². The monoisotopic (exact) mass is 295 g/mol. The van der Waals surface area contributed by atoms with Crippen molar-refractivity contribution in [3.63, 3.8) is 0 Å². The summed E-state index contributed by atoms with van der Waals surface area (Å²) < 4.78 is 9.94. The highest BCUT2D eigenvalue weighted by Gasteiger charge is 2.43. The van der Waals surface area contributed by atoms with Crippen LogP contribution in [0.3, 0.4) is 0 Å². The molecule has 0 unspecified atom stereocenters. The maximum Gasteiger partial charge on any atom is 0.248 e. The molecule has 1 rings (SSSR count). The van der Waals surface area contributed by atoms with Gasteiger partial charge in [0, 0.05) is 30.9 Å². The van der Waals surface area contributed by atoms with Crippen LogP contribution >= 0.6 is 15.9 Å². The Morgan fingerprint density at radius 1 is 1.50 bits per heavy atom. The average Bonchev–Trinajstić information content (AvgIpc) is 2.24. The highest BCUT2D eigenvalue weighted by molar-refractivity contribution is 9.09. The number of aliphatic hydroxyl groups excluding tert-OH is 1. The van der Waals surface area contributed by atoms with E-state index < -0.39 is 0 Å². The molecular weight excluding hydrogens is 278 g/mol. The number of carbonyl (C=O) groups excluding carboxylic acids is 1. The lowest BCUT2D eigenvalue weighted by molar-refractivity contribution is -0.149. The van der Waals surface area contributed by atoms with Crippen LogP contribution in [0.1, 0.15) is 0 Å². The average molecular weight is 296 g/mol. The quantitative estimate of drug-likeness (QED) is 0.525. The summed E-state index contributed by atoms with van der Waals surface area (Å²) in [7, 11) is 1.59. The molecule has 1 fully saturated rings. The van der Waals surface area contributed by atoms with Crippen LogP contribution in [-0.4, -0.2) is 67.9 Å². The number of hydrogen-bond acceptors (Lipinski definition) is 4. The molecule has 0 bridgehead atoms. The Bertz CT molecular complexity index is 225. The van der Waals surface area contributed by atoms with E-state index in [-0.39, 0.29) is 24.5 Å². The Labute approximate surface area is 104 Å². The minimum absolute atomic E-state index is 0.0267. The fourth-order valence-electron chi connectivity index (χ4n) is 1.56. The van der Waals surface area contributed by atoms with E-state index in [4.69, 9.17) is 14.6 Å². The van der Waals surface area contributed by atoms with Gasteiger partial charge in [-0.15, -0.1) is 0 Å². The SMILES string of the molecule is COCCOCC(=O)N1CC(CO)(CBr)C1. The van der Waals surface area contributed by atoms with Gasteiger partial charge >= 0.3 is 0 Å². The molecule has 1 heterocycles. The van der Waals surface area contributed by atoms with Crippen molar-refractivity contribution >= 4 is 21.8 Å². The van der Waals surface area contributed by atoms with Crippen molar-refractivity contribution in [3.8, 4) is 0 Å². The first-order valence-electron chi connectivity index (χ1n) is 5.19. The number of hydrogen-bond donors (Lipinski definition) is 1. The lowest BCUT2D eigenvalue weighted by Gasteiger charge is -2.48. The maximum absolute atomic E-state index is 11.6. The number of likely N-dealkylation sites (tertiary alicyclic amines) is 1. The van der Waals surface area contributed by atoms with E-state index in [1.54, 1.807) is 12.0 Å². The largest absolute Gasteiger partial charge is 0.396 e. The molecule has 1 aliphatic rings. The molecule has 0 saturated carbocycles. The van der Waals surface area contributed by atoms with Crippen molar-refractivity contribution in [3.05, 3.63) is 0 Å². The fourth-order valence-corrected chi connectivity index (χ4v) is 2.09. The summed E-state index contributed by atoms with van der Waals surface area (Å²) in [5.41, 5.74) is -0.151. The van der Waals surface area contributed by atoms with Crippen LogP contribution < -0.4 is 0 Å². The molecule has 16 heavy (non-hydrogen) atoms. The smallest absolute Gasteiger partial charge is 0.248 e. The minimum atomic E-state index is -0.151. The Morgan fingerprint density at radius 3 is 2.69 bits per heavy atom.